The van der Waals surface area contributed by atoms with Crippen molar-refractivity contribution >= 4 is 5.84 Å². The summed E-state index contributed by atoms with van der Waals surface area (Å²) in [5, 5.41) is 0. The molecule has 4 heteroatoms. The molecule has 1 unspecified atom stereocenters. The third-order valence-electron chi connectivity index (χ3n) is 1.80. The number of hydrogen-bond donors (Lipinski definition) is 2. The van der Waals surface area contributed by atoms with Gasteiger partial charge in [0.25, 0.3) is 0 Å². The summed E-state index contributed by atoms with van der Waals surface area (Å²) in [6, 6.07) is 0. The van der Waals surface area contributed by atoms with Crippen LogP contribution in [0.15, 0.2) is 4.99 Å². The van der Waals surface area contributed by atoms with E-state index in [1.807, 2.05) is 0 Å². The Hall–Kier alpha value is -0.610. The van der Waals surface area contributed by atoms with Gasteiger partial charge >= 0.3 is 0 Å². The van der Waals surface area contributed by atoms with E-state index in [1.54, 1.807) is 7.11 Å². The van der Waals surface area contributed by atoms with E-state index in [2.05, 4.69) is 24.3 Å². The number of ether oxygens (including phenoxy) is 1. The minimum atomic E-state index is 0.395. The molecule has 0 aliphatic rings. The Kier molecular flexibility index (Phi) is 6.70. The lowest BCUT2D eigenvalue weighted by Gasteiger charge is -2.11. The Morgan fingerprint density at radius 2 is 2.33 bits per heavy atom. The van der Waals surface area contributed by atoms with Gasteiger partial charge in [0.1, 0.15) is 5.84 Å². The lowest BCUT2D eigenvalue weighted by molar-refractivity contribution is 0.208. The molecule has 0 spiro atoms. The van der Waals surface area contributed by atoms with Gasteiger partial charge in [-0.3, -0.25) is 4.99 Å². The highest BCUT2D eigenvalue weighted by atomic mass is 16.5. The maximum absolute atomic E-state index is 5.31. The minimum absolute atomic E-state index is 0.395. The second-order valence-electron chi connectivity index (χ2n) is 2.71. The average molecular weight is 173 g/mol. The fourth-order valence-electron chi connectivity index (χ4n) is 0.794. The molecular weight excluding hydrogens is 154 g/mol. The molecule has 0 saturated heterocycles. The van der Waals surface area contributed by atoms with Crippen molar-refractivity contribution in [2.24, 2.45) is 16.8 Å². The number of amidine groups is 1. The highest BCUT2D eigenvalue weighted by molar-refractivity contribution is 5.83. The molecule has 0 rings (SSSR count). The van der Waals surface area contributed by atoms with E-state index in [4.69, 9.17) is 10.6 Å². The van der Waals surface area contributed by atoms with Gasteiger partial charge in [-0.15, -0.1) is 0 Å². The molecule has 72 valence electrons. The van der Waals surface area contributed by atoms with Gasteiger partial charge in [-0.2, -0.15) is 0 Å². The van der Waals surface area contributed by atoms with Crippen LogP contribution in [0.2, 0.25) is 0 Å². The topological polar surface area (TPSA) is 59.6 Å². The predicted molar refractivity (Wildman–Crippen MR) is 51.0 cm³/mol. The van der Waals surface area contributed by atoms with Crippen LogP contribution in [0.5, 0.6) is 0 Å². The molecular formula is C8H19N3O. The maximum atomic E-state index is 5.31. The molecule has 4 nitrogen and oxygen atoms in total. The summed E-state index contributed by atoms with van der Waals surface area (Å²) in [6.07, 6.45) is 1.04. The summed E-state index contributed by atoms with van der Waals surface area (Å²) in [5.41, 5.74) is 2.61. The summed E-state index contributed by atoms with van der Waals surface area (Å²) in [7, 11) is 1.66. The van der Waals surface area contributed by atoms with Crippen LogP contribution in [0.3, 0.4) is 0 Å². The van der Waals surface area contributed by atoms with Crippen LogP contribution in [0, 0.1) is 5.92 Å². The van der Waals surface area contributed by atoms with Crippen LogP contribution >= 0.6 is 0 Å². The average Bonchev–Trinajstić information content (AvgIpc) is 2.11. The zero-order valence-electron chi connectivity index (χ0n) is 8.13. The second kappa shape index (κ2) is 7.06. The molecule has 1 atom stereocenters. The number of aliphatic imine (C=N–C) groups is 1. The molecule has 0 fully saturated rings. The molecule has 0 aliphatic heterocycles. The number of methoxy groups -OCH3 is 1. The Bertz CT molecular complexity index is 136. The fraction of sp³-hybridized carbons (Fsp3) is 0.875. The van der Waals surface area contributed by atoms with Crippen LogP contribution in [0.4, 0.5) is 0 Å². The molecule has 0 aliphatic carbocycles. The first kappa shape index (κ1) is 11.4. The third kappa shape index (κ3) is 4.31. The lowest BCUT2D eigenvalue weighted by Crippen LogP contribution is -2.35. The smallest absolute Gasteiger partial charge is 0.113 e. The second-order valence-corrected chi connectivity index (χ2v) is 2.71. The molecule has 0 amide bonds. The van der Waals surface area contributed by atoms with Crippen LogP contribution in [-0.4, -0.2) is 26.1 Å². The quantitative estimate of drug-likeness (QED) is 0.210. The lowest BCUT2D eigenvalue weighted by atomic mass is 10.1. The van der Waals surface area contributed by atoms with Crippen molar-refractivity contribution in [1.29, 1.82) is 0 Å². The number of hydrogen-bond acceptors (Lipinski definition) is 3. The molecule has 0 aromatic carbocycles. The van der Waals surface area contributed by atoms with Gasteiger partial charge in [0.15, 0.2) is 0 Å². The predicted octanol–water partition coefficient (Wildman–Crippen LogP) is 0.541. The zero-order valence-corrected chi connectivity index (χ0v) is 8.13. The van der Waals surface area contributed by atoms with Gasteiger partial charge < -0.3 is 10.2 Å². The van der Waals surface area contributed by atoms with E-state index < -0.39 is 0 Å². The first-order valence-electron chi connectivity index (χ1n) is 4.26. The van der Waals surface area contributed by atoms with E-state index in [0.717, 1.165) is 12.3 Å². The van der Waals surface area contributed by atoms with E-state index in [1.165, 1.54) is 0 Å². The van der Waals surface area contributed by atoms with E-state index in [-0.39, 0.29) is 0 Å². The summed E-state index contributed by atoms with van der Waals surface area (Å²) < 4.78 is 4.87. The molecule has 12 heavy (non-hydrogen) atoms. The van der Waals surface area contributed by atoms with Crippen molar-refractivity contribution in [2.45, 2.75) is 20.3 Å². The van der Waals surface area contributed by atoms with Gasteiger partial charge in [-0.05, 0) is 6.42 Å². The van der Waals surface area contributed by atoms with Gasteiger partial charge in [0.05, 0.1) is 13.2 Å². The van der Waals surface area contributed by atoms with Crippen LogP contribution < -0.4 is 11.3 Å². The van der Waals surface area contributed by atoms with Gasteiger partial charge in [-0.25, -0.2) is 5.84 Å². The highest BCUT2D eigenvalue weighted by Crippen LogP contribution is 2.00. The molecule has 0 saturated carbocycles. The minimum Gasteiger partial charge on any atom is -0.383 e. The SMILES string of the molecule is CCC(C)C(=NCCOC)NN. The van der Waals surface area contributed by atoms with Crippen molar-refractivity contribution < 1.29 is 4.74 Å². The number of rotatable bonds is 5. The molecule has 0 heterocycles. The first-order chi connectivity index (χ1) is 5.76. The third-order valence-corrected chi connectivity index (χ3v) is 1.80. The largest absolute Gasteiger partial charge is 0.383 e. The van der Waals surface area contributed by atoms with Crippen molar-refractivity contribution in [3.05, 3.63) is 0 Å². The fourth-order valence-corrected chi connectivity index (χ4v) is 0.794. The summed E-state index contributed by atoms with van der Waals surface area (Å²) in [5.74, 6) is 6.56. The number of nitrogens with zero attached hydrogens (tertiary/aromatic N) is 1. The monoisotopic (exact) mass is 173 g/mol. The van der Waals surface area contributed by atoms with Crippen molar-refractivity contribution in [2.75, 3.05) is 20.3 Å². The summed E-state index contributed by atoms with van der Waals surface area (Å²) >= 11 is 0. The normalized spacial score (nSPS) is 14.5. The molecule has 0 aromatic heterocycles. The van der Waals surface area contributed by atoms with Crippen LogP contribution in [-0.2, 0) is 4.74 Å². The van der Waals surface area contributed by atoms with Gasteiger partial charge in [-0.1, -0.05) is 13.8 Å². The van der Waals surface area contributed by atoms with Crippen molar-refractivity contribution in [3.8, 4) is 0 Å². The van der Waals surface area contributed by atoms with Gasteiger partial charge in [0.2, 0.25) is 0 Å². The first-order valence-corrected chi connectivity index (χ1v) is 4.26. The van der Waals surface area contributed by atoms with Crippen LogP contribution in [0.1, 0.15) is 20.3 Å². The molecule has 0 bridgehead atoms. The zero-order chi connectivity index (χ0) is 9.40. The summed E-state index contributed by atoms with van der Waals surface area (Å²) in [6.45, 7) is 5.50. The number of nitrogens with two attached hydrogens (primary N) is 1. The van der Waals surface area contributed by atoms with Gasteiger partial charge in [0, 0.05) is 13.0 Å². The molecule has 0 radical (unpaired) electrons. The van der Waals surface area contributed by atoms with E-state index in [0.29, 0.717) is 19.1 Å². The molecule has 3 N–H and O–H groups in total. The standard InChI is InChI=1S/C8H19N3O/c1-4-7(2)8(11-9)10-5-6-12-3/h7H,4-6,9H2,1-3H3,(H,10,11). The van der Waals surface area contributed by atoms with E-state index >= 15 is 0 Å². The summed E-state index contributed by atoms with van der Waals surface area (Å²) in [4.78, 5) is 4.26. The Morgan fingerprint density at radius 3 is 2.75 bits per heavy atom. The molecule has 0 aromatic rings. The van der Waals surface area contributed by atoms with Crippen molar-refractivity contribution in [1.82, 2.24) is 5.43 Å². The van der Waals surface area contributed by atoms with E-state index in [9.17, 15) is 0 Å². The van der Waals surface area contributed by atoms with Crippen LogP contribution in [0.25, 0.3) is 0 Å². The maximum Gasteiger partial charge on any atom is 0.113 e. The number of nitrogens with one attached hydrogen (secondary N) is 1. The Morgan fingerprint density at radius 1 is 1.67 bits per heavy atom. The van der Waals surface area contributed by atoms with Crippen molar-refractivity contribution in [3.63, 3.8) is 0 Å². The highest BCUT2D eigenvalue weighted by Gasteiger charge is 2.05. The Labute approximate surface area is 74.2 Å². The number of hydrazine groups is 1. The Balaban J connectivity index is 3.86.